The second kappa shape index (κ2) is 5.16. The second-order valence-corrected chi connectivity index (χ2v) is 4.09. The summed E-state index contributed by atoms with van der Waals surface area (Å²) in [7, 11) is 1.53. The molecule has 1 fully saturated rings. The van der Waals surface area contributed by atoms with Crippen LogP contribution in [0.5, 0.6) is 0 Å². The van der Waals surface area contributed by atoms with Crippen LogP contribution in [0.15, 0.2) is 0 Å². The first-order valence-corrected chi connectivity index (χ1v) is 5.17. The van der Waals surface area contributed by atoms with Crippen molar-refractivity contribution in [2.24, 2.45) is 5.92 Å². The number of hydrogen-bond acceptors (Lipinski definition) is 4. The molecule has 1 aliphatic heterocycles. The third-order valence-corrected chi connectivity index (χ3v) is 2.49. The van der Waals surface area contributed by atoms with E-state index in [0.717, 1.165) is 0 Å². The van der Waals surface area contributed by atoms with Crippen LogP contribution in [0.4, 0.5) is 4.79 Å². The highest BCUT2D eigenvalue weighted by molar-refractivity contribution is 5.74. The number of carbonyl (C=O) groups is 2. The number of nitrogens with zero attached hydrogens (tertiary/aromatic N) is 1. The van der Waals surface area contributed by atoms with Crippen molar-refractivity contribution in [3.8, 4) is 0 Å². The molecule has 6 nitrogen and oxygen atoms in total. The van der Waals surface area contributed by atoms with Crippen LogP contribution in [0.25, 0.3) is 0 Å². The van der Waals surface area contributed by atoms with E-state index in [1.54, 1.807) is 13.8 Å². The Bertz CT molecular complexity index is 278. The first-order valence-electron chi connectivity index (χ1n) is 5.17. The summed E-state index contributed by atoms with van der Waals surface area (Å²) in [6, 6.07) is -0.455. The lowest BCUT2D eigenvalue weighted by Gasteiger charge is -2.26. The lowest BCUT2D eigenvalue weighted by molar-refractivity contribution is -0.142. The molecule has 1 N–H and O–H groups in total. The van der Waals surface area contributed by atoms with Crippen LogP contribution in [0.3, 0.4) is 0 Å². The quantitative estimate of drug-likeness (QED) is 0.768. The fourth-order valence-corrected chi connectivity index (χ4v) is 1.58. The fraction of sp³-hybridized carbons (Fsp3) is 0.800. The Morgan fingerprint density at radius 3 is 2.56 bits per heavy atom. The zero-order valence-corrected chi connectivity index (χ0v) is 9.67. The molecule has 1 aliphatic rings. The first-order chi connectivity index (χ1) is 7.43. The van der Waals surface area contributed by atoms with Crippen LogP contribution in [-0.4, -0.2) is 54.5 Å². The Kier molecular flexibility index (Phi) is 4.12. The van der Waals surface area contributed by atoms with Gasteiger partial charge in [-0.1, -0.05) is 0 Å². The van der Waals surface area contributed by atoms with Crippen molar-refractivity contribution in [2.75, 3.05) is 20.3 Å². The van der Waals surface area contributed by atoms with E-state index in [-0.39, 0.29) is 19.3 Å². The molecule has 1 rings (SSSR count). The standard InChI is InChI=1S/C10H17NO5/c1-6(2)16-10(14)11(3)8-5-15-4-7(8)9(12)13/h6-8H,4-5H2,1-3H3,(H,12,13). The number of carboxylic acids is 1. The van der Waals surface area contributed by atoms with E-state index in [2.05, 4.69) is 0 Å². The molecule has 92 valence electrons. The summed E-state index contributed by atoms with van der Waals surface area (Å²) in [5.41, 5.74) is 0. The van der Waals surface area contributed by atoms with E-state index in [9.17, 15) is 9.59 Å². The number of hydrogen-bond donors (Lipinski definition) is 1. The summed E-state index contributed by atoms with van der Waals surface area (Å²) in [5, 5.41) is 8.94. The van der Waals surface area contributed by atoms with Gasteiger partial charge in [0.05, 0.1) is 25.4 Å². The highest BCUT2D eigenvalue weighted by Gasteiger charge is 2.39. The highest BCUT2D eigenvalue weighted by atomic mass is 16.6. The topological polar surface area (TPSA) is 76.1 Å². The number of amides is 1. The van der Waals surface area contributed by atoms with Crippen molar-refractivity contribution < 1.29 is 24.2 Å². The van der Waals surface area contributed by atoms with Crippen molar-refractivity contribution in [3.05, 3.63) is 0 Å². The molecule has 0 aromatic rings. The third-order valence-electron chi connectivity index (χ3n) is 2.49. The van der Waals surface area contributed by atoms with E-state index in [0.29, 0.717) is 0 Å². The minimum absolute atomic E-state index is 0.138. The van der Waals surface area contributed by atoms with Crippen molar-refractivity contribution in [3.63, 3.8) is 0 Å². The molecule has 0 aromatic heterocycles. The van der Waals surface area contributed by atoms with Crippen LogP contribution < -0.4 is 0 Å². The molecule has 1 amide bonds. The number of ether oxygens (including phenoxy) is 2. The van der Waals surface area contributed by atoms with Gasteiger partial charge in [-0.3, -0.25) is 4.79 Å². The minimum atomic E-state index is -0.952. The van der Waals surface area contributed by atoms with Gasteiger partial charge in [-0.15, -0.1) is 0 Å². The molecule has 0 saturated carbocycles. The maximum Gasteiger partial charge on any atom is 0.410 e. The normalized spacial score (nSPS) is 24.5. The molecular weight excluding hydrogens is 214 g/mol. The van der Waals surface area contributed by atoms with Crippen LogP contribution in [0.1, 0.15) is 13.8 Å². The third kappa shape index (κ3) is 2.85. The summed E-state index contributed by atoms with van der Waals surface area (Å²) < 4.78 is 10.1. The molecule has 0 aliphatic carbocycles. The second-order valence-electron chi connectivity index (χ2n) is 4.09. The highest BCUT2D eigenvalue weighted by Crippen LogP contribution is 2.19. The number of carboxylic acid groups (broad SMARTS) is 1. The number of aliphatic carboxylic acids is 1. The fourth-order valence-electron chi connectivity index (χ4n) is 1.58. The Morgan fingerprint density at radius 2 is 2.06 bits per heavy atom. The summed E-state index contributed by atoms with van der Waals surface area (Å²) in [4.78, 5) is 23.8. The summed E-state index contributed by atoms with van der Waals surface area (Å²) in [6.45, 7) is 3.86. The van der Waals surface area contributed by atoms with E-state index in [4.69, 9.17) is 14.6 Å². The average molecular weight is 231 g/mol. The number of rotatable bonds is 3. The summed E-state index contributed by atoms with van der Waals surface area (Å²) in [6.07, 6.45) is -0.739. The van der Waals surface area contributed by atoms with E-state index >= 15 is 0 Å². The molecule has 0 aromatic carbocycles. The Labute approximate surface area is 94.1 Å². The number of likely N-dealkylation sites (N-methyl/N-ethyl adjacent to an activating group) is 1. The molecule has 2 unspecified atom stereocenters. The molecule has 0 spiro atoms. The van der Waals surface area contributed by atoms with Gasteiger partial charge in [0.2, 0.25) is 0 Å². The predicted octanol–water partition coefficient (Wildman–Crippen LogP) is 0.563. The zero-order chi connectivity index (χ0) is 12.3. The SMILES string of the molecule is CC(C)OC(=O)N(C)C1COCC1C(=O)O. The van der Waals surface area contributed by atoms with Gasteiger partial charge in [-0.05, 0) is 13.8 Å². The maximum atomic E-state index is 11.6. The Balaban J connectivity index is 2.62. The van der Waals surface area contributed by atoms with Gasteiger partial charge >= 0.3 is 12.1 Å². The van der Waals surface area contributed by atoms with Crippen molar-refractivity contribution >= 4 is 12.1 Å². The molecule has 16 heavy (non-hydrogen) atoms. The van der Waals surface area contributed by atoms with Gasteiger partial charge in [0.25, 0.3) is 0 Å². The maximum absolute atomic E-state index is 11.6. The van der Waals surface area contributed by atoms with Crippen molar-refractivity contribution in [1.82, 2.24) is 4.90 Å². The molecule has 0 bridgehead atoms. The van der Waals surface area contributed by atoms with Crippen LogP contribution in [-0.2, 0) is 14.3 Å². The molecule has 1 heterocycles. The molecule has 1 saturated heterocycles. The Morgan fingerprint density at radius 1 is 1.44 bits per heavy atom. The van der Waals surface area contributed by atoms with Gasteiger partial charge in [-0.2, -0.15) is 0 Å². The van der Waals surface area contributed by atoms with E-state index < -0.39 is 24.0 Å². The van der Waals surface area contributed by atoms with Gasteiger partial charge < -0.3 is 19.5 Å². The van der Waals surface area contributed by atoms with Gasteiger partial charge in [-0.25, -0.2) is 4.79 Å². The largest absolute Gasteiger partial charge is 0.481 e. The lowest BCUT2D eigenvalue weighted by Crippen LogP contribution is -2.44. The molecule has 2 atom stereocenters. The lowest BCUT2D eigenvalue weighted by atomic mass is 10.0. The van der Waals surface area contributed by atoms with Crippen molar-refractivity contribution in [2.45, 2.75) is 26.0 Å². The minimum Gasteiger partial charge on any atom is -0.481 e. The predicted molar refractivity (Wildman–Crippen MR) is 55.1 cm³/mol. The van der Waals surface area contributed by atoms with E-state index in [1.807, 2.05) is 0 Å². The molecule has 6 heteroatoms. The van der Waals surface area contributed by atoms with Gasteiger partial charge in [0, 0.05) is 7.05 Å². The van der Waals surface area contributed by atoms with Gasteiger partial charge in [0.15, 0.2) is 0 Å². The zero-order valence-electron chi connectivity index (χ0n) is 9.67. The van der Waals surface area contributed by atoms with Crippen LogP contribution in [0, 0.1) is 5.92 Å². The van der Waals surface area contributed by atoms with E-state index in [1.165, 1.54) is 11.9 Å². The average Bonchev–Trinajstić information content (AvgIpc) is 2.63. The van der Waals surface area contributed by atoms with Crippen molar-refractivity contribution in [1.29, 1.82) is 0 Å². The summed E-state index contributed by atoms with van der Waals surface area (Å²) in [5.74, 6) is -1.63. The first kappa shape index (κ1) is 12.8. The number of carbonyl (C=O) groups excluding carboxylic acids is 1. The summed E-state index contributed by atoms with van der Waals surface area (Å²) >= 11 is 0. The van der Waals surface area contributed by atoms with Crippen LogP contribution in [0.2, 0.25) is 0 Å². The molecular formula is C10H17NO5. The smallest absolute Gasteiger partial charge is 0.410 e. The molecule has 0 radical (unpaired) electrons. The van der Waals surface area contributed by atoms with Gasteiger partial charge in [0.1, 0.15) is 5.92 Å². The van der Waals surface area contributed by atoms with Crippen LogP contribution >= 0.6 is 0 Å². The monoisotopic (exact) mass is 231 g/mol. The Hall–Kier alpha value is -1.30.